The van der Waals surface area contributed by atoms with Crippen LogP contribution in [0, 0.1) is 5.92 Å². The first-order chi connectivity index (χ1) is 9.08. The molecule has 1 heterocycles. The van der Waals surface area contributed by atoms with E-state index in [4.69, 9.17) is 16.3 Å². The van der Waals surface area contributed by atoms with Crippen molar-refractivity contribution < 1.29 is 9.53 Å². The highest BCUT2D eigenvalue weighted by Crippen LogP contribution is 2.23. The Hall–Kier alpha value is -1.48. The number of hydrogen-bond acceptors (Lipinski definition) is 2. The molecule has 3 nitrogen and oxygen atoms in total. The van der Waals surface area contributed by atoms with E-state index in [0.717, 1.165) is 28.8 Å². The summed E-state index contributed by atoms with van der Waals surface area (Å²) in [5, 5.41) is 1.88. The molecule has 2 aromatic rings. The van der Waals surface area contributed by atoms with Gasteiger partial charge in [0.25, 0.3) is 0 Å². The lowest BCUT2D eigenvalue weighted by molar-refractivity contribution is -0.147. The first kappa shape index (κ1) is 13.9. The second kappa shape index (κ2) is 6.11. The number of ether oxygens (including phenoxy) is 1. The van der Waals surface area contributed by atoms with Gasteiger partial charge >= 0.3 is 5.97 Å². The lowest BCUT2D eigenvalue weighted by atomic mass is 10.1. The van der Waals surface area contributed by atoms with Gasteiger partial charge in [-0.2, -0.15) is 0 Å². The van der Waals surface area contributed by atoms with Gasteiger partial charge in [0.1, 0.15) is 0 Å². The minimum Gasteiger partial charge on any atom is -0.465 e. The Morgan fingerprint density at radius 3 is 2.95 bits per heavy atom. The molecule has 1 aromatic carbocycles. The highest BCUT2D eigenvalue weighted by atomic mass is 35.5. The van der Waals surface area contributed by atoms with Gasteiger partial charge in [-0.05, 0) is 36.6 Å². The van der Waals surface area contributed by atoms with Gasteiger partial charge in [0, 0.05) is 22.1 Å². The first-order valence-corrected chi connectivity index (χ1v) is 6.88. The van der Waals surface area contributed by atoms with E-state index in [1.54, 1.807) is 0 Å². The summed E-state index contributed by atoms with van der Waals surface area (Å²) in [5.41, 5.74) is 2.29. The Morgan fingerprint density at radius 1 is 1.42 bits per heavy atom. The molecule has 0 unspecified atom stereocenters. The number of aromatic amines is 1. The second-order valence-electron chi connectivity index (χ2n) is 4.93. The van der Waals surface area contributed by atoms with Crippen molar-refractivity contribution in [3.8, 4) is 0 Å². The van der Waals surface area contributed by atoms with Crippen molar-refractivity contribution in [2.75, 3.05) is 6.61 Å². The van der Waals surface area contributed by atoms with Crippen molar-refractivity contribution in [3.63, 3.8) is 0 Å². The van der Waals surface area contributed by atoms with Crippen LogP contribution in [-0.4, -0.2) is 17.6 Å². The summed E-state index contributed by atoms with van der Waals surface area (Å²) < 4.78 is 5.16. The van der Waals surface area contributed by atoms with Crippen LogP contribution in [0.25, 0.3) is 10.9 Å². The van der Waals surface area contributed by atoms with Gasteiger partial charge in [0.05, 0.1) is 12.5 Å². The normalized spacial score (nSPS) is 11.2. The van der Waals surface area contributed by atoms with Crippen LogP contribution in [0.2, 0.25) is 5.02 Å². The fraction of sp³-hybridized carbons (Fsp3) is 0.400. The van der Waals surface area contributed by atoms with Crippen LogP contribution in [0.15, 0.2) is 24.4 Å². The minimum absolute atomic E-state index is 0.0631. The zero-order valence-electron chi connectivity index (χ0n) is 11.2. The van der Waals surface area contributed by atoms with Crippen molar-refractivity contribution in [3.05, 3.63) is 35.0 Å². The monoisotopic (exact) mass is 279 g/mol. The lowest BCUT2D eigenvalue weighted by Gasteiger charge is -2.06. The van der Waals surface area contributed by atoms with Crippen molar-refractivity contribution in [2.45, 2.75) is 26.7 Å². The predicted molar refractivity (Wildman–Crippen MR) is 77.4 cm³/mol. The molecule has 2 rings (SSSR count). The maximum Gasteiger partial charge on any atom is 0.308 e. The highest BCUT2D eigenvalue weighted by molar-refractivity contribution is 6.31. The van der Waals surface area contributed by atoms with Gasteiger partial charge in [-0.3, -0.25) is 4.79 Å². The number of rotatable bonds is 5. The van der Waals surface area contributed by atoms with E-state index in [1.807, 2.05) is 38.2 Å². The largest absolute Gasteiger partial charge is 0.465 e. The average molecular weight is 280 g/mol. The van der Waals surface area contributed by atoms with Crippen LogP contribution in [0.1, 0.15) is 25.8 Å². The molecule has 0 bridgehead atoms. The van der Waals surface area contributed by atoms with E-state index >= 15 is 0 Å². The molecule has 0 spiro atoms. The van der Waals surface area contributed by atoms with Gasteiger partial charge in [-0.15, -0.1) is 0 Å². The van der Waals surface area contributed by atoms with E-state index in [0.29, 0.717) is 6.61 Å². The maximum absolute atomic E-state index is 11.3. The predicted octanol–water partition coefficient (Wildman–Crippen LogP) is 3.95. The molecular formula is C15H18ClNO2. The molecule has 1 aromatic heterocycles. The molecule has 0 fully saturated rings. The number of H-pyrrole nitrogens is 1. The summed E-state index contributed by atoms with van der Waals surface area (Å²) in [7, 11) is 0. The lowest BCUT2D eigenvalue weighted by Crippen LogP contribution is -2.12. The number of aromatic nitrogens is 1. The molecule has 0 aliphatic carbocycles. The van der Waals surface area contributed by atoms with Crippen LogP contribution in [0.4, 0.5) is 0 Å². The van der Waals surface area contributed by atoms with Gasteiger partial charge < -0.3 is 9.72 Å². The minimum atomic E-state index is -0.137. The molecule has 0 radical (unpaired) electrons. The Kier molecular flexibility index (Phi) is 4.48. The standard InChI is InChI=1S/C15H18ClNO2/c1-10(2)15(18)19-7-3-4-11-9-17-14-6-5-12(16)8-13(11)14/h5-6,8-10,17H,3-4,7H2,1-2H3. The molecule has 1 N–H and O–H groups in total. The van der Waals surface area contributed by atoms with Gasteiger partial charge in [-0.25, -0.2) is 0 Å². The second-order valence-corrected chi connectivity index (χ2v) is 5.37. The summed E-state index contributed by atoms with van der Waals surface area (Å²) >= 11 is 6.00. The number of carbonyl (C=O) groups excluding carboxylic acids is 1. The van der Waals surface area contributed by atoms with E-state index in [9.17, 15) is 4.79 Å². The number of halogens is 1. The van der Waals surface area contributed by atoms with Crippen LogP contribution in [-0.2, 0) is 16.0 Å². The third-order valence-corrected chi connectivity index (χ3v) is 3.27. The summed E-state index contributed by atoms with van der Waals surface area (Å²) in [6.07, 6.45) is 3.68. The SMILES string of the molecule is CC(C)C(=O)OCCCc1c[nH]c2ccc(Cl)cc12. The van der Waals surface area contributed by atoms with Crippen LogP contribution in [0.3, 0.4) is 0 Å². The number of fused-ring (bicyclic) bond motifs is 1. The molecule has 0 aliphatic heterocycles. The quantitative estimate of drug-likeness (QED) is 0.665. The highest BCUT2D eigenvalue weighted by Gasteiger charge is 2.08. The van der Waals surface area contributed by atoms with Gasteiger partial charge in [0.2, 0.25) is 0 Å². The van der Waals surface area contributed by atoms with Crippen LogP contribution in [0.5, 0.6) is 0 Å². The number of hydrogen-bond donors (Lipinski definition) is 1. The smallest absolute Gasteiger partial charge is 0.308 e. The van der Waals surface area contributed by atoms with E-state index in [-0.39, 0.29) is 11.9 Å². The zero-order chi connectivity index (χ0) is 13.8. The number of esters is 1. The molecule has 0 amide bonds. The van der Waals surface area contributed by atoms with E-state index < -0.39 is 0 Å². The van der Waals surface area contributed by atoms with Crippen molar-refractivity contribution in [2.24, 2.45) is 5.92 Å². The Balaban J connectivity index is 1.91. The van der Waals surface area contributed by atoms with Gasteiger partial charge in [0.15, 0.2) is 0 Å². The summed E-state index contributed by atoms with van der Waals surface area (Å²) in [5.74, 6) is -0.200. The average Bonchev–Trinajstić information content (AvgIpc) is 2.76. The fourth-order valence-electron chi connectivity index (χ4n) is 1.96. The molecule has 102 valence electrons. The number of nitrogens with one attached hydrogen (secondary N) is 1. The van der Waals surface area contributed by atoms with Crippen molar-refractivity contribution in [1.82, 2.24) is 4.98 Å². The van der Waals surface area contributed by atoms with E-state index in [2.05, 4.69) is 4.98 Å². The van der Waals surface area contributed by atoms with Gasteiger partial charge in [-0.1, -0.05) is 25.4 Å². The molecule has 0 saturated carbocycles. The Bertz CT molecular complexity index is 575. The zero-order valence-corrected chi connectivity index (χ0v) is 12.0. The number of aryl methyl sites for hydroxylation is 1. The summed E-state index contributed by atoms with van der Waals surface area (Å²) in [6.45, 7) is 4.14. The first-order valence-electron chi connectivity index (χ1n) is 6.50. The molecular weight excluding hydrogens is 262 g/mol. The Labute approximate surface area is 117 Å². The van der Waals surface area contributed by atoms with Crippen LogP contribution < -0.4 is 0 Å². The molecule has 4 heteroatoms. The third-order valence-electron chi connectivity index (χ3n) is 3.04. The molecule has 0 saturated heterocycles. The maximum atomic E-state index is 11.3. The summed E-state index contributed by atoms with van der Waals surface area (Å²) in [4.78, 5) is 14.5. The fourth-order valence-corrected chi connectivity index (χ4v) is 2.13. The van der Waals surface area contributed by atoms with E-state index in [1.165, 1.54) is 5.56 Å². The Morgan fingerprint density at radius 2 is 2.21 bits per heavy atom. The molecule has 0 aliphatic rings. The topological polar surface area (TPSA) is 42.1 Å². The number of benzene rings is 1. The van der Waals surface area contributed by atoms with Crippen molar-refractivity contribution >= 4 is 28.5 Å². The van der Waals surface area contributed by atoms with Crippen molar-refractivity contribution in [1.29, 1.82) is 0 Å². The molecule has 0 atom stereocenters. The molecule has 19 heavy (non-hydrogen) atoms. The van der Waals surface area contributed by atoms with Crippen LogP contribution >= 0.6 is 11.6 Å². The summed E-state index contributed by atoms with van der Waals surface area (Å²) in [6, 6.07) is 5.80. The number of carbonyl (C=O) groups is 1. The third kappa shape index (κ3) is 3.51.